The van der Waals surface area contributed by atoms with Crippen molar-refractivity contribution in [2.45, 2.75) is 24.9 Å². The molecule has 8 heteroatoms. The molecule has 1 aromatic carbocycles. The molecule has 0 aliphatic rings. The highest BCUT2D eigenvalue weighted by Crippen LogP contribution is 2.51. The van der Waals surface area contributed by atoms with Gasteiger partial charge in [-0.05, 0) is 31.5 Å². The Kier molecular flexibility index (Phi) is 6.02. The van der Waals surface area contributed by atoms with Gasteiger partial charge in [0.05, 0.1) is 24.3 Å². The maximum Gasteiger partial charge on any atom is 0.335 e. The van der Waals surface area contributed by atoms with Crippen molar-refractivity contribution in [2.24, 2.45) is 0 Å². The van der Waals surface area contributed by atoms with Crippen LogP contribution >= 0.6 is 18.3 Å². The van der Waals surface area contributed by atoms with Gasteiger partial charge in [0.25, 0.3) is 9.05 Å². The van der Waals surface area contributed by atoms with Gasteiger partial charge in [-0.1, -0.05) is 12.1 Å². The summed E-state index contributed by atoms with van der Waals surface area (Å²) in [5.74, 6) is 0. The maximum absolute atomic E-state index is 12.3. The minimum Gasteiger partial charge on any atom is -0.309 e. The van der Waals surface area contributed by atoms with E-state index in [0.29, 0.717) is 5.56 Å². The van der Waals surface area contributed by atoms with Gasteiger partial charge in [0.15, 0.2) is 0 Å². The smallest absolute Gasteiger partial charge is 0.309 e. The second-order valence-corrected chi connectivity index (χ2v) is 8.31. The van der Waals surface area contributed by atoms with Crippen molar-refractivity contribution in [2.75, 3.05) is 13.2 Å². The Hall–Kier alpha value is -0.390. The molecule has 5 nitrogen and oxygen atoms in total. The lowest BCUT2D eigenvalue weighted by atomic mass is 10.2. The largest absolute Gasteiger partial charge is 0.335 e. The van der Waals surface area contributed by atoms with E-state index in [1.54, 1.807) is 26.0 Å². The first kappa shape index (κ1) is 16.7. The zero-order valence-corrected chi connectivity index (χ0v) is 13.2. The topological polar surface area (TPSA) is 69.7 Å². The lowest BCUT2D eigenvalue weighted by Gasteiger charge is -2.16. The van der Waals surface area contributed by atoms with Crippen LogP contribution in [0.3, 0.4) is 0 Å². The van der Waals surface area contributed by atoms with Gasteiger partial charge in [-0.25, -0.2) is 8.42 Å². The van der Waals surface area contributed by atoms with Crippen LogP contribution in [0.25, 0.3) is 0 Å². The van der Waals surface area contributed by atoms with Crippen molar-refractivity contribution >= 4 is 27.3 Å². The Bertz CT molecular complexity index is 545. The van der Waals surface area contributed by atoms with Crippen LogP contribution in [-0.2, 0) is 28.8 Å². The monoisotopic (exact) mass is 326 g/mol. The number of hydrogen-bond donors (Lipinski definition) is 0. The first-order valence-electron chi connectivity index (χ1n) is 5.72. The third-order valence-electron chi connectivity index (χ3n) is 2.23. The molecule has 0 unspecified atom stereocenters. The summed E-state index contributed by atoms with van der Waals surface area (Å²) in [6, 6.07) is 5.81. The van der Waals surface area contributed by atoms with E-state index in [1.165, 1.54) is 12.1 Å². The van der Waals surface area contributed by atoms with Crippen LogP contribution in [0, 0.1) is 0 Å². The molecular weight excluding hydrogens is 311 g/mol. The van der Waals surface area contributed by atoms with Gasteiger partial charge in [-0.15, -0.1) is 0 Å². The molecule has 0 fully saturated rings. The Morgan fingerprint density at radius 3 is 1.95 bits per heavy atom. The summed E-state index contributed by atoms with van der Waals surface area (Å²) >= 11 is 0. The van der Waals surface area contributed by atoms with Crippen molar-refractivity contribution in [3.63, 3.8) is 0 Å². The Labute approximate surface area is 117 Å². The van der Waals surface area contributed by atoms with Crippen LogP contribution < -0.4 is 0 Å². The van der Waals surface area contributed by atoms with Gasteiger partial charge in [-0.2, -0.15) is 0 Å². The predicted molar refractivity (Wildman–Crippen MR) is 74.0 cm³/mol. The second-order valence-electron chi connectivity index (χ2n) is 3.69. The number of hydrogen-bond acceptors (Lipinski definition) is 5. The normalized spacial score (nSPS) is 12.6. The lowest BCUT2D eigenvalue weighted by Crippen LogP contribution is -1.99. The predicted octanol–water partition coefficient (Wildman–Crippen LogP) is 3.38. The number of benzene rings is 1. The van der Waals surface area contributed by atoms with E-state index in [9.17, 15) is 13.0 Å². The lowest BCUT2D eigenvalue weighted by molar-refractivity contribution is 0.219. The molecule has 0 radical (unpaired) electrons. The molecule has 0 atom stereocenters. The van der Waals surface area contributed by atoms with Crippen LogP contribution in [0.5, 0.6) is 0 Å². The van der Waals surface area contributed by atoms with Crippen molar-refractivity contribution in [3.05, 3.63) is 29.8 Å². The third-order valence-corrected chi connectivity index (χ3v) is 5.66. The fourth-order valence-corrected chi connectivity index (χ4v) is 3.97. The maximum atomic E-state index is 12.3. The average Bonchev–Trinajstić information content (AvgIpc) is 2.28. The summed E-state index contributed by atoms with van der Waals surface area (Å²) in [5.41, 5.74) is 0.661. The average molecular weight is 327 g/mol. The van der Waals surface area contributed by atoms with Crippen molar-refractivity contribution < 1.29 is 22.0 Å². The Balaban J connectivity index is 2.90. The highest BCUT2D eigenvalue weighted by Gasteiger charge is 2.24. The Morgan fingerprint density at radius 2 is 1.58 bits per heavy atom. The molecule has 1 rings (SSSR count). The van der Waals surface area contributed by atoms with Gasteiger partial charge in [0.1, 0.15) is 0 Å². The van der Waals surface area contributed by atoms with Crippen LogP contribution in [0.15, 0.2) is 29.2 Å². The molecule has 0 amide bonds. The molecule has 0 aromatic heterocycles. The minimum absolute atomic E-state index is 0.000527. The van der Waals surface area contributed by atoms with E-state index in [2.05, 4.69) is 0 Å². The SMILES string of the molecule is CCOP(=O)(Cc1ccc(S(=O)(=O)Cl)cc1)OCC. The summed E-state index contributed by atoms with van der Waals surface area (Å²) in [6.07, 6.45) is 0.0945. The molecule has 0 heterocycles. The molecule has 0 aliphatic carbocycles. The summed E-state index contributed by atoms with van der Waals surface area (Å²) < 4.78 is 44.8. The molecule has 1 aromatic rings. The van der Waals surface area contributed by atoms with Crippen LogP contribution in [-0.4, -0.2) is 21.6 Å². The van der Waals surface area contributed by atoms with Gasteiger partial charge in [0, 0.05) is 10.7 Å². The molecule has 0 saturated carbocycles. The van der Waals surface area contributed by atoms with Crippen molar-refractivity contribution in [1.82, 2.24) is 0 Å². The molecule has 0 N–H and O–H groups in total. The highest BCUT2D eigenvalue weighted by atomic mass is 35.7. The van der Waals surface area contributed by atoms with E-state index in [0.717, 1.165) is 0 Å². The van der Waals surface area contributed by atoms with Crippen LogP contribution in [0.1, 0.15) is 19.4 Å². The van der Waals surface area contributed by atoms with Gasteiger partial charge in [-0.3, -0.25) is 4.57 Å². The summed E-state index contributed by atoms with van der Waals surface area (Å²) in [7, 11) is -1.71. The third kappa shape index (κ3) is 5.24. The Morgan fingerprint density at radius 1 is 1.11 bits per heavy atom. The summed E-state index contributed by atoms with van der Waals surface area (Å²) in [6.45, 7) is 4.03. The standard InChI is InChI=1S/C11H16ClO5PS/c1-3-16-18(13,17-4-2)9-10-5-7-11(8-6-10)19(12,14)15/h5-8H,3-4,9H2,1-2H3. The molecule has 0 bridgehead atoms. The molecule has 0 spiro atoms. The van der Waals surface area contributed by atoms with Crippen LogP contribution in [0.2, 0.25) is 0 Å². The fraction of sp³-hybridized carbons (Fsp3) is 0.455. The number of rotatable bonds is 7. The first-order valence-corrected chi connectivity index (χ1v) is 9.76. The van der Waals surface area contributed by atoms with E-state index < -0.39 is 16.6 Å². The van der Waals surface area contributed by atoms with E-state index in [4.69, 9.17) is 19.7 Å². The quantitative estimate of drug-likeness (QED) is 0.567. The molecule has 0 aliphatic heterocycles. The van der Waals surface area contributed by atoms with E-state index in [-0.39, 0.29) is 24.3 Å². The molecular formula is C11H16ClO5PS. The number of halogens is 1. The molecule has 0 saturated heterocycles. The summed E-state index contributed by atoms with van der Waals surface area (Å²) in [5, 5.41) is 0. The molecule has 19 heavy (non-hydrogen) atoms. The summed E-state index contributed by atoms with van der Waals surface area (Å²) in [4.78, 5) is 0.000527. The van der Waals surface area contributed by atoms with Gasteiger partial charge < -0.3 is 9.05 Å². The van der Waals surface area contributed by atoms with E-state index in [1.807, 2.05) is 0 Å². The zero-order chi connectivity index (χ0) is 14.5. The van der Waals surface area contributed by atoms with Crippen molar-refractivity contribution in [3.8, 4) is 0 Å². The van der Waals surface area contributed by atoms with Crippen LogP contribution in [0.4, 0.5) is 0 Å². The highest BCUT2D eigenvalue weighted by molar-refractivity contribution is 8.13. The second kappa shape index (κ2) is 6.86. The molecule has 108 valence electrons. The van der Waals surface area contributed by atoms with Gasteiger partial charge in [0.2, 0.25) is 0 Å². The first-order chi connectivity index (χ1) is 8.80. The van der Waals surface area contributed by atoms with Crippen molar-refractivity contribution in [1.29, 1.82) is 0 Å². The fourth-order valence-electron chi connectivity index (χ4n) is 1.50. The zero-order valence-electron chi connectivity index (χ0n) is 10.7. The minimum atomic E-state index is -3.74. The van der Waals surface area contributed by atoms with Gasteiger partial charge >= 0.3 is 7.60 Å². The van der Waals surface area contributed by atoms with E-state index >= 15 is 0 Å².